The number of benzene rings is 1. The minimum Gasteiger partial charge on any atom is -0.396 e. The molecule has 4 nitrogen and oxygen atoms in total. The summed E-state index contributed by atoms with van der Waals surface area (Å²) < 4.78 is 25.6. The quantitative estimate of drug-likeness (QED) is 0.859. The van der Waals surface area contributed by atoms with E-state index < -0.39 is 10.0 Å². The Morgan fingerprint density at radius 2 is 1.94 bits per heavy atom. The molecule has 0 bridgehead atoms. The lowest BCUT2D eigenvalue weighted by atomic mass is 10.1. The van der Waals surface area contributed by atoms with Gasteiger partial charge in [0.1, 0.15) is 0 Å². The van der Waals surface area contributed by atoms with Crippen LogP contribution in [0.5, 0.6) is 0 Å². The van der Waals surface area contributed by atoms with Gasteiger partial charge in [-0.05, 0) is 38.8 Å². The van der Waals surface area contributed by atoms with E-state index in [1.54, 1.807) is 6.92 Å². The smallest absolute Gasteiger partial charge is 0.234 e. The topological polar surface area (TPSA) is 57.6 Å². The van der Waals surface area contributed by atoms with Gasteiger partial charge in [0.05, 0.1) is 11.4 Å². The molecule has 1 aromatic carbocycles. The van der Waals surface area contributed by atoms with E-state index in [-0.39, 0.29) is 12.4 Å². The Labute approximate surface area is 109 Å². The maximum Gasteiger partial charge on any atom is 0.234 e. The summed E-state index contributed by atoms with van der Waals surface area (Å²) in [6.07, 6.45) is 0.437. The van der Waals surface area contributed by atoms with Crippen LogP contribution in [0, 0.1) is 13.8 Å². The second kappa shape index (κ2) is 6.20. The number of aryl methyl sites for hydroxylation is 2. The zero-order chi connectivity index (χ0) is 13.8. The van der Waals surface area contributed by atoms with Crippen molar-refractivity contribution in [1.29, 1.82) is 0 Å². The van der Waals surface area contributed by atoms with Crippen LogP contribution >= 0.6 is 0 Å². The molecule has 102 valence electrons. The molecule has 5 heteroatoms. The Bertz CT molecular complexity index is 497. The van der Waals surface area contributed by atoms with Crippen LogP contribution in [-0.2, 0) is 10.0 Å². The summed E-state index contributed by atoms with van der Waals surface area (Å²) in [4.78, 5) is 0. The molecule has 0 spiro atoms. The third-order valence-electron chi connectivity index (χ3n) is 2.84. The molecule has 0 amide bonds. The molecule has 0 atom stereocenters. The first-order valence-corrected chi connectivity index (χ1v) is 7.71. The van der Waals surface area contributed by atoms with Crippen molar-refractivity contribution >= 4 is 15.7 Å². The van der Waals surface area contributed by atoms with E-state index in [9.17, 15) is 8.42 Å². The van der Waals surface area contributed by atoms with Crippen molar-refractivity contribution in [3.63, 3.8) is 0 Å². The minimum atomic E-state index is -3.30. The molecule has 0 aliphatic rings. The average Bonchev–Trinajstić information content (AvgIpc) is 2.31. The Morgan fingerprint density at radius 3 is 2.44 bits per heavy atom. The predicted octanol–water partition coefficient (Wildman–Crippen LogP) is 1.84. The van der Waals surface area contributed by atoms with Crippen LogP contribution in [0.3, 0.4) is 0 Å². The second-order valence-corrected chi connectivity index (χ2v) is 6.52. The summed E-state index contributed by atoms with van der Waals surface area (Å²) in [7, 11) is -3.30. The first-order chi connectivity index (χ1) is 8.42. The Kier molecular flexibility index (Phi) is 5.16. The van der Waals surface area contributed by atoms with Crippen molar-refractivity contribution < 1.29 is 13.5 Å². The zero-order valence-corrected chi connectivity index (χ0v) is 12.0. The van der Waals surface area contributed by atoms with Crippen molar-refractivity contribution in [3.05, 3.63) is 29.3 Å². The van der Waals surface area contributed by atoms with Gasteiger partial charge in [0.15, 0.2) is 0 Å². The van der Waals surface area contributed by atoms with Gasteiger partial charge in [0, 0.05) is 13.2 Å². The molecular weight excluding hydrogens is 250 g/mol. The van der Waals surface area contributed by atoms with Gasteiger partial charge in [0.25, 0.3) is 0 Å². The molecule has 0 fully saturated rings. The van der Waals surface area contributed by atoms with Gasteiger partial charge in [-0.25, -0.2) is 8.42 Å². The van der Waals surface area contributed by atoms with Gasteiger partial charge in [-0.2, -0.15) is 0 Å². The molecule has 0 heterocycles. The summed E-state index contributed by atoms with van der Waals surface area (Å²) in [6, 6.07) is 5.70. The fraction of sp³-hybridized carbons (Fsp3) is 0.538. The number of aliphatic hydroxyl groups excluding tert-OH is 1. The first-order valence-electron chi connectivity index (χ1n) is 6.11. The molecular formula is C13H21NO3S. The van der Waals surface area contributed by atoms with E-state index in [1.807, 2.05) is 32.0 Å². The number of hydrogen-bond donors (Lipinski definition) is 1. The van der Waals surface area contributed by atoms with Crippen molar-refractivity contribution in [2.24, 2.45) is 0 Å². The van der Waals surface area contributed by atoms with Crippen molar-refractivity contribution in [3.8, 4) is 0 Å². The van der Waals surface area contributed by atoms with Gasteiger partial charge >= 0.3 is 0 Å². The maximum atomic E-state index is 12.1. The summed E-state index contributed by atoms with van der Waals surface area (Å²) in [5.41, 5.74) is 2.74. The molecule has 1 rings (SSSR count). The van der Waals surface area contributed by atoms with Gasteiger partial charge in [-0.3, -0.25) is 4.31 Å². The predicted molar refractivity (Wildman–Crippen MR) is 74.4 cm³/mol. The van der Waals surface area contributed by atoms with Crippen molar-refractivity contribution in [2.45, 2.75) is 27.2 Å². The van der Waals surface area contributed by atoms with Crippen LogP contribution in [0.2, 0.25) is 0 Å². The molecule has 0 unspecified atom stereocenters. The Morgan fingerprint density at radius 1 is 1.28 bits per heavy atom. The lowest BCUT2D eigenvalue weighted by molar-refractivity contribution is 0.291. The SMILES string of the molecule is CCS(=O)(=O)N(CCCO)c1ccc(C)cc1C. The Hall–Kier alpha value is -1.07. The van der Waals surface area contributed by atoms with Gasteiger partial charge in [0.2, 0.25) is 10.0 Å². The van der Waals surface area contributed by atoms with Crippen LogP contribution in [0.25, 0.3) is 0 Å². The molecule has 0 aliphatic heterocycles. The highest BCUT2D eigenvalue weighted by Crippen LogP contribution is 2.24. The highest BCUT2D eigenvalue weighted by molar-refractivity contribution is 7.92. The van der Waals surface area contributed by atoms with E-state index >= 15 is 0 Å². The van der Waals surface area contributed by atoms with Crippen LogP contribution in [-0.4, -0.2) is 32.4 Å². The third-order valence-corrected chi connectivity index (χ3v) is 4.62. The highest BCUT2D eigenvalue weighted by atomic mass is 32.2. The molecule has 18 heavy (non-hydrogen) atoms. The van der Waals surface area contributed by atoms with Crippen molar-refractivity contribution in [1.82, 2.24) is 0 Å². The molecule has 0 saturated carbocycles. The van der Waals surface area contributed by atoms with E-state index in [2.05, 4.69) is 0 Å². The molecule has 0 saturated heterocycles. The fourth-order valence-electron chi connectivity index (χ4n) is 1.86. The highest BCUT2D eigenvalue weighted by Gasteiger charge is 2.21. The van der Waals surface area contributed by atoms with E-state index in [0.717, 1.165) is 11.1 Å². The fourth-order valence-corrected chi connectivity index (χ4v) is 3.09. The molecule has 0 aliphatic carbocycles. The number of anilines is 1. The maximum absolute atomic E-state index is 12.1. The minimum absolute atomic E-state index is 0.0133. The lowest BCUT2D eigenvalue weighted by Gasteiger charge is -2.25. The standard InChI is InChI=1S/C13H21NO3S/c1-4-18(16,17)14(8-5-9-15)13-7-6-11(2)10-12(13)3/h6-7,10,15H,4-5,8-9H2,1-3H3. The van der Waals surface area contributed by atoms with Crippen molar-refractivity contribution in [2.75, 3.05) is 23.2 Å². The first kappa shape index (κ1) is 15.0. The summed E-state index contributed by atoms with van der Waals surface area (Å²) in [5.74, 6) is 0.0613. The van der Waals surface area contributed by atoms with Crippen LogP contribution in [0.1, 0.15) is 24.5 Å². The van der Waals surface area contributed by atoms with Gasteiger partial charge in [-0.1, -0.05) is 17.7 Å². The monoisotopic (exact) mass is 271 g/mol. The molecule has 1 N–H and O–H groups in total. The summed E-state index contributed by atoms with van der Waals surface area (Å²) in [6.45, 7) is 5.81. The number of sulfonamides is 1. The average molecular weight is 271 g/mol. The number of aliphatic hydroxyl groups is 1. The summed E-state index contributed by atoms with van der Waals surface area (Å²) >= 11 is 0. The molecule has 0 aromatic heterocycles. The molecule has 1 aromatic rings. The lowest BCUT2D eigenvalue weighted by Crippen LogP contribution is -2.34. The number of rotatable bonds is 6. The van der Waals surface area contributed by atoms with E-state index in [1.165, 1.54) is 4.31 Å². The normalized spacial score (nSPS) is 11.6. The van der Waals surface area contributed by atoms with Crippen LogP contribution in [0.4, 0.5) is 5.69 Å². The molecule has 0 radical (unpaired) electrons. The zero-order valence-electron chi connectivity index (χ0n) is 11.2. The van der Waals surface area contributed by atoms with Crippen LogP contribution in [0.15, 0.2) is 18.2 Å². The second-order valence-electron chi connectivity index (χ2n) is 4.34. The largest absolute Gasteiger partial charge is 0.396 e. The third kappa shape index (κ3) is 3.46. The van der Waals surface area contributed by atoms with Crippen LogP contribution < -0.4 is 4.31 Å². The Balaban J connectivity index is 3.17. The van der Waals surface area contributed by atoms with E-state index in [4.69, 9.17) is 5.11 Å². The van der Waals surface area contributed by atoms with Gasteiger partial charge < -0.3 is 5.11 Å². The van der Waals surface area contributed by atoms with E-state index in [0.29, 0.717) is 18.7 Å². The number of hydrogen-bond acceptors (Lipinski definition) is 3. The van der Waals surface area contributed by atoms with Gasteiger partial charge in [-0.15, -0.1) is 0 Å². The summed E-state index contributed by atoms with van der Waals surface area (Å²) in [5, 5.41) is 8.89. The number of nitrogens with zero attached hydrogens (tertiary/aromatic N) is 1.